The van der Waals surface area contributed by atoms with E-state index in [1.807, 2.05) is 0 Å². The smallest absolute Gasteiger partial charge is 0.308 e. The maximum atomic E-state index is 13.4. The lowest BCUT2D eigenvalue weighted by Crippen LogP contribution is -2.04. The van der Waals surface area contributed by atoms with E-state index in [9.17, 15) is 9.18 Å². The summed E-state index contributed by atoms with van der Waals surface area (Å²) >= 11 is 5.79. The molecule has 3 rings (SSSR count). The number of halogens is 2. The zero-order valence-electron chi connectivity index (χ0n) is 15.8. The van der Waals surface area contributed by atoms with E-state index in [0.29, 0.717) is 22.4 Å². The molecule has 0 bridgehead atoms. The Kier molecular flexibility index (Phi) is 3.69. The predicted octanol–water partition coefficient (Wildman–Crippen LogP) is 4.10. The highest BCUT2D eigenvalue weighted by atomic mass is 35.5. The molecule has 1 aromatic heterocycles. The van der Waals surface area contributed by atoms with E-state index >= 15 is 0 Å². The quantitative estimate of drug-likeness (QED) is 0.555. The van der Waals surface area contributed by atoms with E-state index in [4.69, 9.17) is 25.2 Å². The van der Waals surface area contributed by atoms with Crippen molar-refractivity contribution in [3.05, 3.63) is 47.5 Å². The van der Waals surface area contributed by atoms with Crippen LogP contribution in [0.5, 0.6) is 11.5 Å². The van der Waals surface area contributed by atoms with Gasteiger partial charge in [0.15, 0.2) is 11.5 Å². The van der Waals surface area contributed by atoms with E-state index in [1.165, 1.54) is 43.6 Å². The van der Waals surface area contributed by atoms with E-state index in [1.54, 1.807) is 0 Å². The summed E-state index contributed by atoms with van der Waals surface area (Å²) in [6.07, 6.45) is 1.25. The molecule has 0 aliphatic heterocycles. The first-order valence-electron chi connectivity index (χ1n) is 8.50. The van der Waals surface area contributed by atoms with Gasteiger partial charge >= 0.3 is 5.97 Å². The van der Waals surface area contributed by atoms with Crippen molar-refractivity contribution in [3.63, 3.8) is 0 Å². The van der Waals surface area contributed by atoms with Gasteiger partial charge in [0, 0.05) is 24.1 Å². The van der Waals surface area contributed by atoms with Crippen LogP contribution < -0.4 is 14.8 Å². The summed E-state index contributed by atoms with van der Waals surface area (Å²) in [5.41, 5.74) is 0.795. The number of nitrogens with one attached hydrogen (secondary N) is 1. The zero-order chi connectivity index (χ0) is 20.5. The van der Waals surface area contributed by atoms with Crippen LogP contribution in [0.1, 0.15) is 11.0 Å². The molecule has 0 atom stereocenters. The van der Waals surface area contributed by atoms with Gasteiger partial charge in [-0.15, -0.1) is 0 Å². The normalized spacial score (nSPS) is 12.8. The van der Waals surface area contributed by atoms with Crippen LogP contribution in [0.3, 0.4) is 0 Å². The Hall–Kier alpha value is -2.93. The average molecular weight is 365 g/mol. The van der Waals surface area contributed by atoms with Crippen LogP contribution >= 0.6 is 11.6 Å². The number of fused-ring (bicyclic) bond motifs is 1. The summed E-state index contributed by atoms with van der Waals surface area (Å²) < 4.78 is 45.1. The summed E-state index contributed by atoms with van der Waals surface area (Å²) in [6.45, 7) is 1.17. The molecule has 2 aromatic carbocycles. The van der Waals surface area contributed by atoms with Crippen LogP contribution in [0.25, 0.3) is 10.9 Å². The molecular formula is C17H13ClFN3O3. The van der Waals surface area contributed by atoms with Crippen molar-refractivity contribution in [2.45, 2.75) is 6.92 Å². The van der Waals surface area contributed by atoms with Crippen LogP contribution in [0, 0.1) is 5.82 Å². The highest BCUT2D eigenvalue weighted by Crippen LogP contribution is 2.35. The molecule has 0 aliphatic rings. The number of aromatic nitrogens is 2. The van der Waals surface area contributed by atoms with E-state index in [-0.39, 0.29) is 16.5 Å². The van der Waals surface area contributed by atoms with Gasteiger partial charge in [0.25, 0.3) is 0 Å². The van der Waals surface area contributed by atoms with Crippen LogP contribution in [0.15, 0.2) is 36.7 Å². The third-order valence-corrected chi connectivity index (χ3v) is 3.54. The molecule has 0 spiro atoms. The Balaban J connectivity index is 2.09. The minimum absolute atomic E-state index is 0.0719. The van der Waals surface area contributed by atoms with Gasteiger partial charge in [0.2, 0.25) is 0 Å². The lowest BCUT2D eigenvalue weighted by molar-refractivity contribution is -0.132. The fourth-order valence-corrected chi connectivity index (χ4v) is 2.37. The Bertz CT molecular complexity index is 1060. The molecule has 0 aliphatic carbocycles. The number of esters is 1. The number of hydrogen-bond donors (Lipinski definition) is 1. The number of anilines is 2. The van der Waals surface area contributed by atoms with Crippen molar-refractivity contribution in [1.82, 2.24) is 9.97 Å². The molecule has 0 saturated carbocycles. The number of carbonyl (C=O) groups excluding carboxylic acids is 1. The van der Waals surface area contributed by atoms with Crippen molar-refractivity contribution in [2.75, 3.05) is 12.4 Å². The van der Waals surface area contributed by atoms with Crippen LogP contribution in [0.2, 0.25) is 5.02 Å². The fourth-order valence-electron chi connectivity index (χ4n) is 2.19. The highest BCUT2D eigenvalue weighted by molar-refractivity contribution is 6.31. The van der Waals surface area contributed by atoms with E-state index < -0.39 is 18.8 Å². The molecule has 0 radical (unpaired) electrons. The van der Waals surface area contributed by atoms with Crippen molar-refractivity contribution in [3.8, 4) is 11.5 Å². The number of benzene rings is 2. The molecule has 128 valence electrons. The summed E-state index contributed by atoms with van der Waals surface area (Å²) in [4.78, 5) is 19.6. The second-order valence-electron chi connectivity index (χ2n) is 4.99. The largest absolute Gasteiger partial charge is 0.493 e. The second kappa shape index (κ2) is 6.90. The van der Waals surface area contributed by atoms with Crippen molar-refractivity contribution in [2.24, 2.45) is 0 Å². The maximum absolute atomic E-state index is 13.4. The van der Waals surface area contributed by atoms with Gasteiger partial charge in [-0.25, -0.2) is 14.4 Å². The number of carbonyl (C=O) groups is 1. The first kappa shape index (κ1) is 13.4. The van der Waals surface area contributed by atoms with Crippen molar-refractivity contribution >= 4 is 40.0 Å². The minimum Gasteiger partial charge on any atom is -0.493 e. The first-order valence-corrected chi connectivity index (χ1v) is 7.38. The monoisotopic (exact) mass is 364 g/mol. The number of nitrogens with zero attached hydrogens (tertiary/aromatic N) is 2. The van der Waals surface area contributed by atoms with Gasteiger partial charge in [-0.3, -0.25) is 4.79 Å². The van der Waals surface area contributed by atoms with E-state index in [2.05, 4.69) is 15.3 Å². The van der Waals surface area contributed by atoms with Crippen molar-refractivity contribution < 1.29 is 22.8 Å². The number of ether oxygens (including phenoxy) is 2. The van der Waals surface area contributed by atoms with E-state index in [0.717, 1.165) is 0 Å². The number of methoxy groups -OCH3 is 1. The molecule has 0 fully saturated rings. The molecule has 8 heteroatoms. The number of hydrogen-bond acceptors (Lipinski definition) is 6. The fraction of sp³-hybridized carbons (Fsp3) is 0.118. The molecule has 1 N–H and O–H groups in total. The highest BCUT2D eigenvalue weighted by Gasteiger charge is 2.13. The molecule has 1 heterocycles. The molecule has 25 heavy (non-hydrogen) atoms. The summed E-state index contributed by atoms with van der Waals surface area (Å²) in [6, 6.07) is 6.74. The van der Waals surface area contributed by atoms with Crippen LogP contribution in [-0.4, -0.2) is 23.0 Å². The minimum atomic E-state index is -2.75. The predicted molar refractivity (Wildman–Crippen MR) is 92.1 cm³/mol. The third kappa shape index (κ3) is 3.61. The summed E-state index contributed by atoms with van der Waals surface area (Å²) in [5, 5.41) is 3.31. The molecule has 0 unspecified atom stereocenters. The Morgan fingerprint density at radius 2 is 2.12 bits per heavy atom. The molecular weight excluding hydrogens is 349 g/mol. The maximum Gasteiger partial charge on any atom is 0.308 e. The van der Waals surface area contributed by atoms with Gasteiger partial charge in [0.1, 0.15) is 18.0 Å². The van der Waals surface area contributed by atoms with Gasteiger partial charge in [0.05, 0.1) is 21.7 Å². The Morgan fingerprint density at radius 3 is 2.84 bits per heavy atom. The lowest BCUT2D eigenvalue weighted by Gasteiger charge is -2.12. The van der Waals surface area contributed by atoms with Gasteiger partial charge in [-0.1, -0.05) is 11.6 Å². The van der Waals surface area contributed by atoms with Crippen LogP contribution in [-0.2, 0) is 4.79 Å². The summed E-state index contributed by atoms with van der Waals surface area (Å²) in [5.74, 6) is -1.19. The third-order valence-electron chi connectivity index (χ3n) is 3.25. The van der Waals surface area contributed by atoms with Crippen molar-refractivity contribution in [1.29, 1.82) is 0 Å². The van der Waals surface area contributed by atoms with Gasteiger partial charge < -0.3 is 14.8 Å². The lowest BCUT2D eigenvalue weighted by atomic mass is 10.2. The summed E-state index contributed by atoms with van der Waals surface area (Å²) in [7, 11) is -2.75. The standard InChI is InChI=1S/C17H13ClFN3O3/c1-9(23)25-16-6-11-14(7-15(16)24-2)20-8-21-17(11)22-10-3-4-13(19)12(18)5-10/h3-8H,1-2H3,(H,20,21,22)/i2D3. The Morgan fingerprint density at radius 1 is 1.28 bits per heavy atom. The zero-order valence-corrected chi connectivity index (χ0v) is 13.6. The molecule has 6 nitrogen and oxygen atoms in total. The average Bonchev–Trinajstić information content (AvgIpc) is 2.57. The van der Waals surface area contributed by atoms with Gasteiger partial charge in [-0.05, 0) is 24.3 Å². The molecule has 3 aromatic rings. The SMILES string of the molecule is [2H]C([2H])([2H])Oc1cc2ncnc(Nc3ccc(F)c(Cl)c3)c2cc1OC(C)=O. The topological polar surface area (TPSA) is 73.3 Å². The Labute approximate surface area is 151 Å². The number of rotatable bonds is 4. The van der Waals surface area contributed by atoms with Crippen LogP contribution in [0.4, 0.5) is 15.9 Å². The molecule has 0 saturated heterocycles. The molecule has 0 amide bonds. The second-order valence-corrected chi connectivity index (χ2v) is 5.40. The van der Waals surface area contributed by atoms with Gasteiger partial charge in [-0.2, -0.15) is 0 Å². The first-order chi connectivity index (χ1) is 13.1.